The molecule has 23 heavy (non-hydrogen) atoms. The van der Waals surface area contributed by atoms with Gasteiger partial charge in [-0.25, -0.2) is 4.79 Å². The van der Waals surface area contributed by atoms with E-state index in [4.69, 9.17) is 4.74 Å². The minimum atomic E-state index is -0.163. The van der Waals surface area contributed by atoms with Crippen molar-refractivity contribution >= 4 is 11.7 Å². The summed E-state index contributed by atoms with van der Waals surface area (Å²) in [6.07, 6.45) is 2.47. The lowest BCUT2D eigenvalue weighted by atomic mass is 10.2. The molecule has 5 nitrogen and oxygen atoms in total. The van der Waals surface area contributed by atoms with E-state index in [2.05, 4.69) is 29.4 Å². The number of nitrogens with one attached hydrogen (secondary N) is 2. The van der Waals surface area contributed by atoms with Crippen molar-refractivity contribution in [3.05, 3.63) is 30.3 Å². The van der Waals surface area contributed by atoms with Gasteiger partial charge in [-0.05, 0) is 44.0 Å². The van der Waals surface area contributed by atoms with Crippen LogP contribution in [0.15, 0.2) is 30.3 Å². The van der Waals surface area contributed by atoms with E-state index in [0.29, 0.717) is 19.1 Å². The Hall–Kier alpha value is -1.59. The normalized spacial score (nSPS) is 16.5. The van der Waals surface area contributed by atoms with E-state index in [1.54, 1.807) is 0 Å². The fourth-order valence-electron chi connectivity index (χ4n) is 2.75. The number of hydrogen-bond donors (Lipinski definition) is 2. The highest BCUT2D eigenvalue weighted by atomic mass is 16.5. The van der Waals surface area contributed by atoms with Gasteiger partial charge in [-0.3, -0.25) is 4.90 Å². The summed E-state index contributed by atoms with van der Waals surface area (Å²) in [6, 6.07) is 9.58. The quantitative estimate of drug-likeness (QED) is 0.774. The van der Waals surface area contributed by atoms with Crippen LogP contribution in [0.3, 0.4) is 0 Å². The number of carbonyl (C=O) groups is 1. The number of amides is 2. The molecule has 1 aromatic rings. The molecule has 5 heteroatoms. The number of ether oxygens (including phenoxy) is 1. The summed E-state index contributed by atoms with van der Waals surface area (Å²) >= 11 is 0. The maximum atomic E-state index is 12.0. The minimum Gasteiger partial charge on any atom is -0.379 e. The SMILES string of the molecule is CC(C)COCC(CNC(=O)Nc1ccccc1)N1CCCC1. The Balaban J connectivity index is 1.78. The lowest BCUT2D eigenvalue weighted by Gasteiger charge is -2.28. The first-order valence-electron chi connectivity index (χ1n) is 8.57. The lowest BCUT2D eigenvalue weighted by Crippen LogP contribution is -2.46. The molecule has 0 spiro atoms. The largest absolute Gasteiger partial charge is 0.379 e. The number of carbonyl (C=O) groups excluding carboxylic acids is 1. The van der Waals surface area contributed by atoms with E-state index < -0.39 is 0 Å². The van der Waals surface area contributed by atoms with Gasteiger partial charge in [-0.1, -0.05) is 32.0 Å². The van der Waals surface area contributed by atoms with Crippen molar-refractivity contribution in [3.63, 3.8) is 0 Å². The van der Waals surface area contributed by atoms with Crippen molar-refractivity contribution in [2.24, 2.45) is 5.92 Å². The van der Waals surface area contributed by atoms with Gasteiger partial charge in [0, 0.05) is 18.8 Å². The zero-order valence-electron chi connectivity index (χ0n) is 14.3. The number of benzene rings is 1. The minimum absolute atomic E-state index is 0.163. The zero-order valence-corrected chi connectivity index (χ0v) is 14.3. The van der Waals surface area contributed by atoms with Gasteiger partial charge in [0.1, 0.15) is 0 Å². The van der Waals surface area contributed by atoms with Crippen LogP contribution in [-0.2, 0) is 4.74 Å². The van der Waals surface area contributed by atoms with E-state index in [9.17, 15) is 4.79 Å². The standard InChI is InChI=1S/C18H29N3O2/c1-15(2)13-23-14-17(21-10-6-7-11-21)12-19-18(22)20-16-8-4-3-5-9-16/h3-5,8-9,15,17H,6-7,10-14H2,1-2H3,(H2,19,20,22). The van der Waals surface area contributed by atoms with Crippen LogP contribution in [0.2, 0.25) is 0 Å². The van der Waals surface area contributed by atoms with E-state index in [1.807, 2.05) is 30.3 Å². The molecule has 1 fully saturated rings. The summed E-state index contributed by atoms with van der Waals surface area (Å²) in [5.41, 5.74) is 0.804. The van der Waals surface area contributed by atoms with Gasteiger partial charge in [0.2, 0.25) is 0 Å². The molecular formula is C18H29N3O2. The molecule has 0 aliphatic carbocycles. The first-order valence-corrected chi connectivity index (χ1v) is 8.57. The number of urea groups is 1. The third-order valence-corrected chi connectivity index (χ3v) is 3.95. The first kappa shape index (κ1) is 17.8. The maximum absolute atomic E-state index is 12.0. The molecule has 1 atom stereocenters. The van der Waals surface area contributed by atoms with Gasteiger partial charge in [-0.15, -0.1) is 0 Å². The molecule has 1 heterocycles. The summed E-state index contributed by atoms with van der Waals surface area (Å²) in [6.45, 7) is 8.53. The molecule has 1 aliphatic heterocycles. The third-order valence-electron chi connectivity index (χ3n) is 3.95. The Bertz CT molecular complexity index is 459. The molecule has 128 valence electrons. The van der Waals surface area contributed by atoms with Crippen LogP contribution >= 0.6 is 0 Å². The van der Waals surface area contributed by atoms with E-state index in [1.165, 1.54) is 12.8 Å². The predicted octanol–water partition coefficient (Wildman–Crippen LogP) is 2.95. The third kappa shape index (κ3) is 6.59. The van der Waals surface area contributed by atoms with Gasteiger partial charge < -0.3 is 15.4 Å². The number of nitrogens with zero attached hydrogens (tertiary/aromatic N) is 1. The molecule has 1 aromatic carbocycles. The van der Waals surface area contributed by atoms with E-state index >= 15 is 0 Å². The second kappa shape index (κ2) is 9.53. The predicted molar refractivity (Wildman–Crippen MR) is 93.7 cm³/mol. The van der Waals surface area contributed by atoms with E-state index in [0.717, 1.165) is 25.4 Å². The van der Waals surface area contributed by atoms with Crippen molar-refractivity contribution in [2.75, 3.05) is 38.2 Å². The zero-order chi connectivity index (χ0) is 16.5. The molecule has 2 N–H and O–H groups in total. The average molecular weight is 319 g/mol. The molecule has 1 saturated heterocycles. The highest BCUT2D eigenvalue weighted by Crippen LogP contribution is 2.12. The fourth-order valence-corrected chi connectivity index (χ4v) is 2.75. The molecule has 0 radical (unpaired) electrons. The van der Waals surface area contributed by atoms with Crippen molar-refractivity contribution in [1.29, 1.82) is 0 Å². The van der Waals surface area contributed by atoms with Crippen LogP contribution in [0.1, 0.15) is 26.7 Å². The first-order chi connectivity index (χ1) is 11.1. The molecule has 0 saturated carbocycles. The van der Waals surface area contributed by atoms with Crippen LogP contribution in [0.25, 0.3) is 0 Å². The van der Waals surface area contributed by atoms with Crippen LogP contribution in [0.5, 0.6) is 0 Å². The monoisotopic (exact) mass is 319 g/mol. The highest BCUT2D eigenvalue weighted by molar-refractivity contribution is 5.89. The molecule has 0 aromatic heterocycles. The number of para-hydroxylation sites is 1. The van der Waals surface area contributed by atoms with Crippen molar-refractivity contribution in [2.45, 2.75) is 32.7 Å². The van der Waals surface area contributed by atoms with Gasteiger partial charge in [0.15, 0.2) is 0 Å². The van der Waals surface area contributed by atoms with Gasteiger partial charge in [0.05, 0.1) is 12.6 Å². The number of anilines is 1. The highest BCUT2D eigenvalue weighted by Gasteiger charge is 2.22. The summed E-state index contributed by atoms with van der Waals surface area (Å²) in [5.74, 6) is 0.531. The van der Waals surface area contributed by atoms with Crippen LogP contribution in [0, 0.1) is 5.92 Å². The Morgan fingerprint density at radius 1 is 1.17 bits per heavy atom. The molecule has 1 unspecified atom stereocenters. The fraction of sp³-hybridized carbons (Fsp3) is 0.611. The van der Waals surface area contributed by atoms with Crippen molar-refractivity contribution in [1.82, 2.24) is 10.2 Å². The van der Waals surface area contributed by atoms with Gasteiger partial charge in [-0.2, -0.15) is 0 Å². The number of likely N-dealkylation sites (tertiary alicyclic amines) is 1. The molecular weight excluding hydrogens is 290 g/mol. The van der Waals surface area contributed by atoms with Crippen LogP contribution in [0.4, 0.5) is 10.5 Å². The number of rotatable bonds is 8. The number of hydrogen-bond acceptors (Lipinski definition) is 3. The summed E-state index contributed by atoms with van der Waals surface area (Å²) in [4.78, 5) is 14.5. The Labute approximate surface area is 139 Å². The molecule has 1 aliphatic rings. The topological polar surface area (TPSA) is 53.6 Å². The Morgan fingerprint density at radius 3 is 2.52 bits per heavy atom. The average Bonchev–Trinajstić information content (AvgIpc) is 3.05. The maximum Gasteiger partial charge on any atom is 0.319 e. The molecule has 2 amide bonds. The van der Waals surface area contributed by atoms with Gasteiger partial charge in [0.25, 0.3) is 0 Å². The summed E-state index contributed by atoms with van der Waals surface area (Å²) in [7, 11) is 0. The van der Waals surface area contributed by atoms with Crippen LogP contribution in [-0.4, -0.2) is 49.8 Å². The molecule has 2 rings (SSSR count). The van der Waals surface area contributed by atoms with Gasteiger partial charge >= 0.3 is 6.03 Å². The van der Waals surface area contributed by atoms with Crippen molar-refractivity contribution < 1.29 is 9.53 Å². The second-order valence-electron chi connectivity index (χ2n) is 6.53. The molecule has 0 bridgehead atoms. The summed E-state index contributed by atoms with van der Waals surface area (Å²) < 4.78 is 5.81. The smallest absolute Gasteiger partial charge is 0.319 e. The van der Waals surface area contributed by atoms with E-state index in [-0.39, 0.29) is 12.1 Å². The second-order valence-corrected chi connectivity index (χ2v) is 6.53. The van der Waals surface area contributed by atoms with Crippen LogP contribution < -0.4 is 10.6 Å². The summed E-state index contributed by atoms with van der Waals surface area (Å²) in [5, 5.41) is 5.83. The van der Waals surface area contributed by atoms with Crippen molar-refractivity contribution in [3.8, 4) is 0 Å². The Morgan fingerprint density at radius 2 is 1.87 bits per heavy atom. The lowest BCUT2D eigenvalue weighted by molar-refractivity contribution is 0.0555. The Kier molecular flexibility index (Phi) is 7.36.